The van der Waals surface area contributed by atoms with Gasteiger partial charge < -0.3 is 15.7 Å². The van der Waals surface area contributed by atoms with Gasteiger partial charge in [-0.25, -0.2) is 4.79 Å². The van der Waals surface area contributed by atoms with E-state index in [2.05, 4.69) is 10.6 Å². The SMILES string of the molecule is CC(NC(=O)NC1CCC1)C(C)C(=O)O. The molecule has 15 heavy (non-hydrogen) atoms. The van der Waals surface area contributed by atoms with Crippen molar-refractivity contribution >= 4 is 12.0 Å². The molecule has 86 valence electrons. The fourth-order valence-electron chi connectivity index (χ4n) is 1.33. The van der Waals surface area contributed by atoms with E-state index in [0.717, 1.165) is 19.3 Å². The van der Waals surface area contributed by atoms with E-state index in [4.69, 9.17) is 5.11 Å². The summed E-state index contributed by atoms with van der Waals surface area (Å²) in [5.74, 6) is -1.47. The van der Waals surface area contributed by atoms with Gasteiger partial charge in [0.05, 0.1) is 5.92 Å². The Labute approximate surface area is 89.2 Å². The van der Waals surface area contributed by atoms with Crippen LogP contribution >= 0.6 is 0 Å². The van der Waals surface area contributed by atoms with Crippen LogP contribution in [0, 0.1) is 5.92 Å². The Hall–Kier alpha value is -1.26. The van der Waals surface area contributed by atoms with Crippen molar-refractivity contribution in [2.45, 2.75) is 45.2 Å². The molecule has 0 radical (unpaired) electrons. The molecule has 0 bridgehead atoms. The van der Waals surface area contributed by atoms with Crippen molar-refractivity contribution in [1.82, 2.24) is 10.6 Å². The monoisotopic (exact) mass is 214 g/mol. The maximum atomic E-state index is 11.4. The average molecular weight is 214 g/mol. The summed E-state index contributed by atoms with van der Waals surface area (Å²) >= 11 is 0. The molecule has 1 rings (SSSR count). The second-order valence-corrected chi connectivity index (χ2v) is 4.16. The molecule has 0 saturated heterocycles. The predicted octanol–water partition coefficient (Wildman–Crippen LogP) is 0.947. The van der Waals surface area contributed by atoms with Crippen LogP contribution in [0.3, 0.4) is 0 Å². The number of aliphatic carboxylic acids is 1. The van der Waals surface area contributed by atoms with Crippen molar-refractivity contribution in [3.05, 3.63) is 0 Å². The molecule has 3 N–H and O–H groups in total. The molecule has 0 aliphatic heterocycles. The first-order valence-electron chi connectivity index (χ1n) is 5.30. The Morgan fingerprint density at radius 2 is 1.93 bits per heavy atom. The summed E-state index contributed by atoms with van der Waals surface area (Å²) in [5.41, 5.74) is 0. The number of carboxylic acids is 1. The number of rotatable bonds is 4. The lowest BCUT2D eigenvalue weighted by Gasteiger charge is -2.27. The third-order valence-corrected chi connectivity index (χ3v) is 2.94. The number of carbonyl (C=O) groups excluding carboxylic acids is 1. The Bertz CT molecular complexity index is 251. The standard InChI is InChI=1S/C10H18N2O3/c1-6(9(13)14)7(2)11-10(15)12-8-4-3-5-8/h6-8H,3-5H2,1-2H3,(H,13,14)(H2,11,12,15). The third kappa shape index (κ3) is 3.42. The molecule has 2 atom stereocenters. The van der Waals surface area contributed by atoms with E-state index in [0.29, 0.717) is 0 Å². The fourth-order valence-corrected chi connectivity index (χ4v) is 1.33. The molecule has 0 aromatic heterocycles. The lowest BCUT2D eigenvalue weighted by Crippen LogP contribution is -2.50. The van der Waals surface area contributed by atoms with Gasteiger partial charge in [0.15, 0.2) is 0 Å². The molecule has 1 aliphatic rings. The summed E-state index contributed by atoms with van der Waals surface area (Å²) in [7, 11) is 0. The zero-order chi connectivity index (χ0) is 11.4. The van der Waals surface area contributed by atoms with Gasteiger partial charge >= 0.3 is 12.0 Å². The molecule has 0 aromatic rings. The number of carbonyl (C=O) groups is 2. The summed E-state index contributed by atoms with van der Waals surface area (Å²) in [5, 5.41) is 14.2. The molecule has 1 aliphatic carbocycles. The Morgan fingerprint density at radius 1 is 1.33 bits per heavy atom. The third-order valence-electron chi connectivity index (χ3n) is 2.94. The Kier molecular flexibility index (Phi) is 3.94. The second-order valence-electron chi connectivity index (χ2n) is 4.16. The first-order valence-corrected chi connectivity index (χ1v) is 5.30. The minimum absolute atomic E-state index is 0.264. The highest BCUT2D eigenvalue weighted by Crippen LogP contribution is 2.17. The molecular weight excluding hydrogens is 196 g/mol. The normalized spacial score (nSPS) is 19.9. The predicted molar refractivity (Wildman–Crippen MR) is 55.6 cm³/mol. The van der Waals surface area contributed by atoms with Crippen LogP contribution in [0.5, 0.6) is 0 Å². The van der Waals surface area contributed by atoms with Gasteiger partial charge in [0.2, 0.25) is 0 Å². The van der Waals surface area contributed by atoms with Gasteiger partial charge in [0, 0.05) is 12.1 Å². The molecule has 5 nitrogen and oxygen atoms in total. The van der Waals surface area contributed by atoms with Crippen LogP contribution < -0.4 is 10.6 Å². The minimum atomic E-state index is -0.897. The number of hydrogen-bond acceptors (Lipinski definition) is 2. The Morgan fingerprint density at radius 3 is 2.33 bits per heavy atom. The lowest BCUT2D eigenvalue weighted by molar-refractivity contribution is -0.141. The van der Waals surface area contributed by atoms with Gasteiger partial charge in [-0.1, -0.05) is 0 Å². The zero-order valence-corrected chi connectivity index (χ0v) is 9.12. The van der Waals surface area contributed by atoms with Crippen LogP contribution in [-0.2, 0) is 4.79 Å². The highest BCUT2D eigenvalue weighted by atomic mass is 16.4. The topological polar surface area (TPSA) is 78.4 Å². The van der Waals surface area contributed by atoms with E-state index in [9.17, 15) is 9.59 Å². The largest absolute Gasteiger partial charge is 0.481 e. The number of carboxylic acid groups (broad SMARTS) is 1. The van der Waals surface area contributed by atoms with Crippen LogP contribution in [0.15, 0.2) is 0 Å². The molecule has 5 heteroatoms. The first kappa shape index (κ1) is 11.8. The van der Waals surface area contributed by atoms with Crippen molar-refractivity contribution in [1.29, 1.82) is 0 Å². The molecule has 0 aromatic carbocycles. The maximum Gasteiger partial charge on any atom is 0.315 e. The van der Waals surface area contributed by atoms with Gasteiger partial charge in [-0.2, -0.15) is 0 Å². The highest BCUT2D eigenvalue weighted by molar-refractivity contribution is 5.76. The van der Waals surface area contributed by atoms with E-state index in [1.165, 1.54) is 0 Å². The number of urea groups is 1. The summed E-state index contributed by atoms with van der Waals surface area (Å²) in [6, 6.07) is -0.347. The van der Waals surface area contributed by atoms with Crippen LogP contribution in [0.2, 0.25) is 0 Å². The highest BCUT2D eigenvalue weighted by Gasteiger charge is 2.23. The molecule has 1 fully saturated rings. The lowest BCUT2D eigenvalue weighted by atomic mass is 9.93. The number of hydrogen-bond donors (Lipinski definition) is 3. The smallest absolute Gasteiger partial charge is 0.315 e. The van der Waals surface area contributed by atoms with Gasteiger partial charge in [0.1, 0.15) is 0 Å². The van der Waals surface area contributed by atoms with Crippen molar-refractivity contribution in [2.24, 2.45) is 5.92 Å². The Balaban J connectivity index is 2.26. The average Bonchev–Trinajstić information content (AvgIpc) is 2.09. The minimum Gasteiger partial charge on any atom is -0.481 e. The fraction of sp³-hybridized carbons (Fsp3) is 0.800. The number of nitrogens with one attached hydrogen (secondary N) is 2. The molecule has 2 amide bonds. The van der Waals surface area contributed by atoms with Gasteiger partial charge in [0.25, 0.3) is 0 Å². The van der Waals surface area contributed by atoms with E-state index >= 15 is 0 Å². The van der Waals surface area contributed by atoms with Gasteiger partial charge in [-0.05, 0) is 33.1 Å². The van der Waals surface area contributed by atoms with Crippen LogP contribution in [0.1, 0.15) is 33.1 Å². The van der Waals surface area contributed by atoms with Crippen molar-refractivity contribution in [2.75, 3.05) is 0 Å². The second kappa shape index (κ2) is 5.00. The summed E-state index contributed by atoms with van der Waals surface area (Å²) in [6.07, 6.45) is 3.21. The maximum absolute atomic E-state index is 11.4. The van der Waals surface area contributed by atoms with E-state index in [1.54, 1.807) is 13.8 Å². The van der Waals surface area contributed by atoms with Crippen molar-refractivity contribution < 1.29 is 14.7 Å². The quantitative estimate of drug-likeness (QED) is 0.652. The van der Waals surface area contributed by atoms with Crippen LogP contribution in [-0.4, -0.2) is 29.2 Å². The molecule has 1 saturated carbocycles. The number of amides is 2. The van der Waals surface area contributed by atoms with Crippen LogP contribution in [0.4, 0.5) is 4.79 Å². The van der Waals surface area contributed by atoms with Crippen molar-refractivity contribution in [3.63, 3.8) is 0 Å². The summed E-state index contributed by atoms with van der Waals surface area (Å²) in [6.45, 7) is 3.27. The molecule has 2 unspecified atom stereocenters. The van der Waals surface area contributed by atoms with Gasteiger partial charge in [-0.3, -0.25) is 4.79 Å². The molecular formula is C10H18N2O3. The summed E-state index contributed by atoms with van der Waals surface area (Å²) in [4.78, 5) is 22.0. The van der Waals surface area contributed by atoms with E-state index < -0.39 is 11.9 Å². The zero-order valence-electron chi connectivity index (χ0n) is 9.12. The van der Waals surface area contributed by atoms with Crippen LogP contribution in [0.25, 0.3) is 0 Å². The molecule has 0 heterocycles. The van der Waals surface area contributed by atoms with E-state index in [1.807, 2.05) is 0 Å². The van der Waals surface area contributed by atoms with Gasteiger partial charge in [-0.15, -0.1) is 0 Å². The summed E-state index contributed by atoms with van der Waals surface area (Å²) < 4.78 is 0. The molecule has 0 spiro atoms. The first-order chi connectivity index (χ1) is 7.00. The van der Waals surface area contributed by atoms with E-state index in [-0.39, 0.29) is 18.1 Å². The van der Waals surface area contributed by atoms with Crippen molar-refractivity contribution in [3.8, 4) is 0 Å².